The van der Waals surface area contributed by atoms with E-state index in [9.17, 15) is 10.4 Å². The van der Waals surface area contributed by atoms with Gasteiger partial charge in [0.1, 0.15) is 11.4 Å². The van der Waals surface area contributed by atoms with E-state index >= 15 is 0 Å². The van der Waals surface area contributed by atoms with Crippen LogP contribution in [0.1, 0.15) is 0 Å². The fraction of sp³-hybridized carbons (Fsp3) is 0.167. The molecule has 0 spiro atoms. The first-order valence-electron chi connectivity index (χ1n) is 5.15. The van der Waals surface area contributed by atoms with E-state index in [2.05, 4.69) is 0 Å². The number of quaternary nitrogens is 2. The van der Waals surface area contributed by atoms with Crippen molar-refractivity contribution in [2.45, 2.75) is 0 Å². The molecule has 0 amide bonds. The Hall–Kier alpha value is -1.46. The summed E-state index contributed by atoms with van der Waals surface area (Å²) in [6.45, 7) is 0. The standard InChI is InChI=1S/C12H14N2O2/c1-13(15)11-7-8-12(14(2)16)10-6-4-3-5-9(10)11/h3-8,13-14H,1-2H3. The van der Waals surface area contributed by atoms with Gasteiger partial charge >= 0.3 is 0 Å². The Labute approximate surface area is 93.9 Å². The second kappa shape index (κ2) is 4.19. The van der Waals surface area contributed by atoms with Crippen LogP contribution in [0.15, 0.2) is 36.4 Å². The summed E-state index contributed by atoms with van der Waals surface area (Å²) in [6.07, 6.45) is 0. The molecule has 0 aliphatic heterocycles. The molecule has 16 heavy (non-hydrogen) atoms. The Morgan fingerprint density at radius 1 is 0.750 bits per heavy atom. The molecule has 4 heteroatoms. The van der Waals surface area contributed by atoms with Gasteiger partial charge < -0.3 is 20.5 Å². The molecule has 0 bridgehead atoms. The van der Waals surface area contributed by atoms with Crippen LogP contribution in [-0.2, 0) is 0 Å². The Morgan fingerprint density at radius 3 is 1.44 bits per heavy atom. The average Bonchev–Trinajstić information content (AvgIpc) is 2.27. The van der Waals surface area contributed by atoms with Gasteiger partial charge in [-0.05, 0) is 12.1 Å². The predicted octanol–water partition coefficient (Wildman–Crippen LogP) is 0.128. The van der Waals surface area contributed by atoms with Crippen LogP contribution in [0, 0.1) is 10.4 Å². The quantitative estimate of drug-likeness (QED) is 0.704. The van der Waals surface area contributed by atoms with Gasteiger partial charge in [0, 0.05) is 22.9 Å². The highest BCUT2D eigenvalue weighted by Crippen LogP contribution is 2.25. The van der Waals surface area contributed by atoms with Crippen molar-refractivity contribution in [2.75, 3.05) is 14.1 Å². The van der Waals surface area contributed by atoms with Crippen LogP contribution in [0.2, 0.25) is 0 Å². The molecule has 0 aliphatic carbocycles. The lowest BCUT2D eigenvalue weighted by Gasteiger charge is -2.21. The van der Waals surface area contributed by atoms with Gasteiger partial charge in [0.2, 0.25) is 0 Å². The van der Waals surface area contributed by atoms with E-state index in [-0.39, 0.29) is 10.1 Å². The highest BCUT2D eigenvalue weighted by Gasteiger charge is 2.11. The molecule has 2 rings (SSSR count). The third-order valence-electron chi connectivity index (χ3n) is 2.68. The van der Waals surface area contributed by atoms with E-state index in [1.165, 1.54) is 14.1 Å². The molecule has 4 nitrogen and oxygen atoms in total. The maximum absolute atomic E-state index is 11.5. The Bertz CT molecular complexity index is 463. The lowest BCUT2D eigenvalue weighted by Crippen LogP contribution is -2.99. The maximum Gasteiger partial charge on any atom is 0.139 e. The third kappa shape index (κ3) is 1.79. The zero-order valence-corrected chi connectivity index (χ0v) is 9.28. The van der Waals surface area contributed by atoms with Crippen molar-refractivity contribution in [1.29, 1.82) is 0 Å². The summed E-state index contributed by atoms with van der Waals surface area (Å²) in [5.41, 5.74) is 1.33. The molecule has 2 aromatic rings. The first-order chi connectivity index (χ1) is 7.61. The molecule has 0 saturated heterocycles. The first-order valence-corrected chi connectivity index (χ1v) is 5.15. The molecule has 2 N–H and O–H groups in total. The van der Waals surface area contributed by atoms with Crippen LogP contribution in [0.4, 0.5) is 11.4 Å². The van der Waals surface area contributed by atoms with Crippen LogP contribution < -0.4 is 10.1 Å². The molecule has 0 radical (unpaired) electrons. The minimum Gasteiger partial charge on any atom is -0.629 e. The van der Waals surface area contributed by atoms with Crippen LogP contribution in [-0.4, -0.2) is 14.1 Å². The minimum atomic E-state index is 0.0197. The van der Waals surface area contributed by atoms with E-state index in [1.54, 1.807) is 12.1 Å². The van der Waals surface area contributed by atoms with Crippen LogP contribution in [0.25, 0.3) is 10.8 Å². The smallest absolute Gasteiger partial charge is 0.139 e. The summed E-state index contributed by atoms with van der Waals surface area (Å²) in [6, 6.07) is 10.9. The number of hydrogen-bond donors (Lipinski definition) is 2. The van der Waals surface area contributed by atoms with Crippen molar-refractivity contribution in [3.8, 4) is 0 Å². The summed E-state index contributed by atoms with van der Waals surface area (Å²) in [7, 11) is 3.07. The molecule has 2 unspecified atom stereocenters. The highest BCUT2D eigenvalue weighted by atomic mass is 16.5. The fourth-order valence-corrected chi connectivity index (χ4v) is 1.91. The molecule has 0 aromatic heterocycles. The molecule has 0 fully saturated rings. The normalized spacial score (nSPS) is 15.0. The zero-order valence-electron chi connectivity index (χ0n) is 9.28. The highest BCUT2D eigenvalue weighted by molar-refractivity contribution is 5.97. The summed E-state index contributed by atoms with van der Waals surface area (Å²) in [4.78, 5) is 0. The van der Waals surface area contributed by atoms with Gasteiger partial charge in [-0.2, -0.15) is 0 Å². The van der Waals surface area contributed by atoms with Crippen molar-refractivity contribution in [3.05, 3.63) is 46.8 Å². The lowest BCUT2D eigenvalue weighted by molar-refractivity contribution is -0.752. The van der Waals surface area contributed by atoms with E-state index in [0.29, 0.717) is 11.4 Å². The van der Waals surface area contributed by atoms with Crippen molar-refractivity contribution in [2.24, 2.45) is 0 Å². The predicted molar refractivity (Wildman–Crippen MR) is 63.8 cm³/mol. The van der Waals surface area contributed by atoms with Crippen molar-refractivity contribution in [1.82, 2.24) is 0 Å². The van der Waals surface area contributed by atoms with Crippen LogP contribution in [0.5, 0.6) is 0 Å². The average molecular weight is 218 g/mol. The van der Waals surface area contributed by atoms with Crippen LogP contribution >= 0.6 is 0 Å². The van der Waals surface area contributed by atoms with Gasteiger partial charge in [-0.25, -0.2) is 0 Å². The lowest BCUT2D eigenvalue weighted by atomic mass is 10.1. The van der Waals surface area contributed by atoms with Gasteiger partial charge in [0.25, 0.3) is 0 Å². The van der Waals surface area contributed by atoms with Gasteiger partial charge in [0.05, 0.1) is 14.1 Å². The summed E-state index contributed by atoms with van der Waals surface area (Å²) >= 11 is 0. The molecule has 2 aromatic carbocycles. The molecule has 0 saturated carbocycles. The number of fused-ring (bicyclic) bond motifs is 1. The zero-order chi connectivity index (χ0) is 11.7. The third-order valence-corrected chi connectivity index (χ3v) is 2.68. The summed E-state index contributed by atoms with van der Waals surface area (Å²) in [5, 5.41) is 24.7. The molecule has 84 valence electrons. The number of hydroxylamine groups is 2. The van der Waals surface area contributed by atoms with Gasteiger partial charge in [-0.15, -0.1) is 0 Å². The van der Waals surface area contributed by atoms with Crippen molar-refractivity contribution in [3.63, 3.8) is 0 Å². The summed E-state index contributed by atoms with van der Waals surface area (Å²) in [5.74, 6) is 0. The van der Waals surface area contributed by atoms with E-state index in [0.717, 1.165) is 10.8 Å². The second-order valence-corrected chi connectivity index (χ2v) is 3.82. The summed E-state index contributed by atoms with van der Waals surface area (Å²) < 4.78 is 0. The first kappa shape index (κ1) is 11.0. The van der Waals surface area contributed by atoms with Crippen molar-refractivity contribution >= 4 is 22.1 Å². The maximum atomic E-state index is 11.5. The molecule has 0 aliphatic rings. The number of benzene rings is 2. The number of nitrogens with one attached hydrogen (secondary N) is 2. The topological polar surface area (TPSA) is 55.0 Å². The Kier molecular flexibility index (Phi) is 2.89. The SMILES string of the molecule is C[NH+]([O-])c1ccc([NH+](C)[O-])c2ccccc12. The monoisotopic (exact) mass is 218 g/mol. The molecular weight excluding hydrogens is 204 g/mol. The Balaban J connectivity index is 2.77. The van der Waals surface area contributed by atoms with Gasteiger partial charge in [0.15, 0.2) is 0 Å². The second-order valence-electron chi connectivity index (χ2n) is 3.82. The number of hydrogen-bond acceptors (Lipinski definition) is 2. The molecule has 0 heterocycles. The van der Waals surface area contributed by atoms with Crippen LogP contribution in [0.3, 0.4) is 0 Å². The number of rotatable bonds is 2. The minimum absolute atomic E-state index is 0.0197. The van der Waals surface area contributed by atoms with E-state index in [1.807, 2.05) is 24.3 Å². The largest absolute Gasteiger partial charge is 0.629 e. The molecule has 2 atom stereocenters. The Morgan fingerprint density at radius 2 is 1.12 bits per heavy atom. The van der Waals surface area contributed by atoms with E-state index in [4.69, 9.17) is 0 Å². The van der Waals surface area contributed by atoms with Crippen molar-refractivity contribution < 1.29 is 10.1 Å². The molecular formula is C12H14N2O2. The van der Waals surface area contributed by atoms with E-state index < -0.39 is 0 Å². The van der Waals surface area contributed by atoms with Gasteiger partial charge in [-0.1, -0.05) is 12.1 Å². The van der Waals surface area contributed by atoms with Gasteiger partial charge in [-0.3, -0.25) is 0 Å². The fourth-order valence-electron chi connectivity index (χ4n) is 1.91.